The van der Waals surface area contributed by atoms with Crippen LogP contribution in [-0.2, 0) is 13.0 Å². The molecule has 0 atom stereocenters. The number of benzene rings is 4. The van der Waals surface area contributed by atoms with Crippen molar-refractivity contribution in [3.63, 3.8) is 0 Å². The molecule has 2 N–H and O–H groups in total. The van der Waals surface area contributed by atoms with E-state index in [9.17, 15) is 9.90 Å². The fraction of sp³-hybridized carbons (Fsp3) is 0.156. The maximum absolute atomic E-state index is 11.7. The second-order valence-corrected chi connectivity index (χ2v) is 9.64. The quantitative estimate of drug-likeness (QED) is 0.242. The van der Waals surface area contributed by atoms with Gasteiger partial charge < -0.3 is 14.7 Å². The molecule has 0 spiro atoms. The number of aryl methyl sites for hydroxylation is 2. The minimum Gasteiger partial charge on any atom is -0.478 e. The Bertz CT molecular complexity index is 1790. The number of imidazole rings is 2. The van der Waals surface area contributed by atoms with Gasteiger partial charge in [0.15, 0.2) is 0 Å². The van der Waals surface area contributed by atoms with Crippen molar-refractivity contribution < 1.29 is 9.90 Å². The van der Waals surface area contributed by atoms with Gasteiger partial charge in [-0.05, 0) is 59.9 Å². The van der Waals surface area contributed by atoms with Crippen LogP contribution in [0.4, 0.5) is 0 Å². The smallest absolute Gasteiger partial charge is 0.336 e. The third-order valence-electron chi connectivity index (χ3n) is 7.06. The third kappa shape index (κ3) is 4.14. The highest BCUT2D eigenvalue weighted by molar-refractivity contribution is 5.96. The summed E-state index contributed by atoms with van der Waals surface area (Å²) >= 11 is 0. The summed E-state index contributed by atoms with van der Waals surface area (Å²) in [6.07, 6.45) is 1.87. The second-order valence-electron chi connectivity index (χ2n) is 9.64. The average molecular weight is 501 g/mol. The van der Waals surface area contributed by atoms with E-state index in [-0.39, 0.29) is 0 Å². The summed E-state index contributed by atoms with van der Waals surface area (Å²) in [6.45, 7) is 4.92. The van der Waals surface area contributed by atoms with Crippen LogP contribution in [0.25, 0.3) is 44.6 Å². The standard InChI is InChI=1S/C32H28N4O2/c1-3-8-28-34-30-25(31-33-26-13-6-9-20(2)29(26)35-31)12-7-14-27(30)36(28)19-21-15-17-22(18-16-21)23-10-4-5-11-24(23)32(37)38/h4-7,9-18H,3,8,19H2,1-2H3,(H,33,35)(H,37,38). The summed E-state index contributed by atoms with van der Waals surface area (Å²) < 4.78 is 2.29. The van der Waals surface area contributed by atoms with Crippen molar-refractivity contribution in [3.8, 4) is 22.5 Å². The van der Waals surface area contributed by atoms with E-state index in [1.165, 1.54) is 0 Å². The van der Waals surface area contributed by atoms with Crippen molar-refractivity contribution in [3.05, 3.63) is 107 Å². The SMILES string of the molecule is CCCc1nc2c(-c3nc4c(C)cccc4[nH]3)cccc2n1Cc1ccc(-c2ccccc2C(=O)O)cc1. The molecule has 2 heterocycles. The van der Waals surface area contributed by atoms with Gasteiger partial charge >= 0.3 is 5.97 Å². The average Bonchev–Trinajstić information content (AvgIpc) is 3.52. The Morgan fingerprint density at radius 1 is 0.868 bits per heavy atom. The zero-order chi connectivity index (χ0) is 26.2. The molecule has 6 rings (SSSR count). The first-order valence-corrected chi connectivity index (χ1v) is 12.9. The molecule has 0 bridgehead atoms. The molecule has 2 aromatic heterocycles. The van der Waals surface area contributed by atoms with E-state index < -0.39 is 5.97 Å². The molecule has 4 aromatic carbocycles. The van der Waals surface area contributed by atoms with Gasteiger partial charge in [-0.2, -0.15) is 0 Å². The number of aromatic amines is 1. The molecule has 38 heavy (non-hydrogen) atoms. The topological polar surface area (TPSA) is 83.8 Å². The van der Waals surface area contributed by atoms with Gasteiger partial charge in [0.25, 0.3) is 0 Å². The summed E-state index contributed by atoms with van der Waals surface area (Å²) in [7, 11) is 0. The van der Waals surface area contributed by atoms with Gasteiger partial charge in [-0.25, -0.2) is 14.8 Å². The first-order chi connectivity index (χ1) is 18.5. The van der Waals surface area contributed by atoms with Crippen molar-refractivity contribution in [2.75, 3.05) is 0 Å². The number of hydrogen-bond donors (Lipinski definition) is 2. The fourth-order valence-electron chi connectivity index (χ4n) is 5.17. The summed E-state index contributed by atoms with van der Waals surface area (Å²) in [5.41, 5.74) is 9.20. The molecule has 0 fully saturated rings. The molecule has 0 unspecified atom stereocenters. The van der Waals surface area contributed by atoms with E-state index in [4.69, 9.17) is 9.97 Å². The molecule has 0 saturated heterocycles. The van der Waals surface area contributed by atoms with Gasteiger partial charge in [0, 0.05) is 18.5 Å². The van der Waals surface area contributed by atoms with E-state index in [2.05, 4.69) is 65.9 Å². The van der Waals surface area contributed by atoms with Crippen LogP contribution >= 0.6 is 0 Å². The second kappa shape index (κ2) is 9.63. The van der Waals surface area contributed by atoms with Gasteiger partial charge in [-0.1, -0.05) is 67.6 Å². The van der Waals surface area contributed by atoms with Gasteiger partial charge in [-0.3, -0.25) is 0 Å². The number of aromatic carboxylic acids is 1. The monoisotopic (exact) mass is 500 g/mol. The lowest BCUT2D eigenvalue weighted by Gasteiger charge is -2.11. The molecule has 0 aliphatic rings. The van der Waals surface area contributed by atoms with Crippen LogP contribution in [0.15, 0.2) is 84.9 Å². The zero-order valence-corrected chi connectivity index (χ0v) is 21.4. The highest BCUT2D eigenvalue weighted by Crippen LogP contribution is 2.31. The normalized spacial score (nSPS) is 11.4. The van der Waals surface area contributed by atoms with Crippen LogP contribution < -0.4 is 0 Å². The number of hydrogen-bond acceptors (Lipinski definition) is 3. The van der Waals surface area contributed by atoms with Crippen LogP contribution in [-0.4, -0.2) is 30.6 Å². The molecule has 6 aromatic rings. The Labute approximate surface area is 220 Å². The van der Waals surface area contributed by atoms with Crippen molar-refractivity contribution in [2.24, 2.45) is 0 Å². The Balaban J connectivity index is 1.40. The van der Waals surface area contributed by atoms with Gasteiger partial charge in [0.2, 0.25) is 0 Å². The number of nitrogens with one attached hydrogen (secondary N) is 1. The number of fused-ring (bicyclic) bond motifs is 2. The molecule has 0 radical (unpaired) electrons. The number of H-pyrrole nitrogens is 1. The first-order valence-electron chi connectivity index (χ1n) is 12.9. The molecule has 0 saturated carbocycles. The third-order valence-corrected chi connectivity index (χ3v) is 7.06. The van der Waals surface area contributed by atoms with Gasteiger partial charge in [0.1, 0.15) is 11.6 Å². The number of aromatic nitrogens is 4. The van der Waals surface area contributed by atoms with Crippen molar-refractivity contribution >= 4 is 28.0 Å². The summed E-state index contributed by atoms with van der Waals surface area (Å²) in [6, 6.07) is 27.7. The van der Waals surface area contributed by atoms with Crippen LogP contribution in [0.1, 0.15) is 40.7 Å². The van der Waals surface area contributed by atoms with Crippen LogP contribution in [0.3, 0.4) is 0 Å². The largest absolute Gasteiger partial charge is 0.478 e. The van der Waals surface area contributed by atoms with Crippen molar-refractivity contribution in [2.45, 2.75) is 33.2 Å². The minimum absolute atomic E-state index is 0.305. The molecule has 188 valence electrons. The fourth-order valence-corrected chi connectivity index (χ4v) is 5.17. The van der Waals surface area contributed by atoms with Crippen molar-refractivity contribution in [1.82, 2.24) is 19.5 Å². The molecule has 6 heteroatoms. The predicted molar refractivity (Wildman–Crippen MR) is 151 cm³/mol. The maximum Gasteiger partial charge on any atom is 0.336 e. The zero-order valence-electron chi connectivity index (χ0n) is 21.4. The molecule has 6 nitrogen and oxygen atoms in total. The van der Waals surface area contributed by atoms with E-state index >= 15 is 0 Å². The first kappa shape index (κ1) is 23.7. The highest BCUT2D eigenvalue weighted by Gasteiger charge is 2.17. The van der Waals surface area contributed by atoms with Crippen molar-refractivity contribution in [1.29, 1.82) is 0 Å². The van der Waals surface area contributed by atoms with Gasteiger partial charge in [0.05, 0.1) is 27.6 Å². The molecule has 0 aliphatic carbocycles. The predicted octanol–water partition coefficient (Wildman–Crippen LogP) is 7.25. The number of carboxylic acids is 1. The van der Waals surface area contributed by atoms with E-state index in [0.717, 1.165) is 74.4 Å². The highest BCUT2D eigenvalue weighted by atomic mass is 16.4. The lowest BCUT2D eigenvalue weighted by Crippen LogP contribution is -2.05. The Hall–Kier alpha value is -4.71. The Kier molecular flexibility index (Phi) is 6.00. The molecule has 0 amide bonds. The number of carbonyl (C=O) groups is 1. The summed E-state index contributed by atoms with van der Waals surface area (Å²) in [4.78, 5) is 25.2. The Morgan fingerprint density at radius 2 is 1.63 bits per heavy atom. The lowest BCUT2D eigenvalue weighted by atomic mass is 9.99. The lowest BCUT2D eigenvalue weighted by molar-refractivity contribution is 0.0697. The van der Waals surface area contributed by atoms with Gasteiger partial charge in [-0.15, -0.1) is 0 Å². The maximum atomic E-state index is 11.7. The van der Waals surface area contributed by atoms with Crippen LogP contribution in [0.2, 0.25) is 0 Å². The molecular formula is C32H28N4O2. The number of para-hydroxylation sites is 2. The van der Waals surface area contributed by atoms with E-state index in [1.54, 1.807) is 12.1 Å². The summed E-state index contributed by atoms with van der Waals surface area (Å²) in [5, 5.41) is 9.58. The van der Waals surface area contributed by atoms with E-state index in [1.807, 2.05) is 30.3 Å². The minimum atomic E-state index is -0.922. The van der Waals surface area contributed by atoms with E-state index in [0.29, 0.717) is 12.1 Å². The van der Waals surface area contributed by atoms with Crippen LogP contribution in [0.5, 0.6) is 0 Å². The number of carboxylic acid groups (broad SMARTS) is 1. The Morgan fingerprint density at radius 3 is 2.39 bits per heavy atom. The molecule has 0 aliphatic heterocycles. The van der Waals surface area contributed by atoms with Crippen LogP contribution in [0, 0.1) is 6.92 Å². The number of rotatable bonds is 7. The molecular weight excluding hydrogens is 472 g/mol. The number of nitrogens with zero attached hydrogens (tertiary/aromatic N) is 3. The summed E-state index contributed by atoms with van der Waals surface area (Å²) in [5.74, 6) is 0.950.